The van der Waals surface area contributed by atoms with Gasteiger partial charge in [-0.15, -0.1) is 0 Å². The highest BCUT2D eigenvalue weighted by atomic mass is 16.7. The number of aliphatic hydroxyl groups excluding tert-OH is 3. The Labute approximate surface area is 161 Å². The summed E-state index contributed by atoms with van der Waals surface area (Å²) in [5, 5.41) is 41.6. The Bertz CT molecular complexity index is 708. The predicted octanol–water partition coefficient (Wildman–Crippen LogP) is -0.301. The first-order chi connectivity index (χ1) is 13.1. The zero-order chi connectivity index (χ0) is 21.0. The van der Waals surface area contributed by atoms with E-state index in [0.717, 1.165) is 0 Å². The van der Waals surface area contributed by atoms with E-state index < -0.39 is 36.7 Å². The van der Waals surface area contributed by atoms with Crippen LogP contribution in [0.15, 0.2) is 18.2 Å². The number of hydrogen-bond acceptors (Lipinski definition) is 9. The van der Waals surface area contributed by atoms with Gasteiger partial charge in [0.2, 0.25) is 6.29 Å². The zero-order valence-corrected chi connectivity index (χ0v) is 15.7. The summed E-state index contributed by atoms with van der Waals surface area (Å²) >= 11 is 0. The van der Waals surface area contributed by atoms with E-state index in [1.807, 2.05) is 0 Å². The van der Waals surface area contributed by atoms with Crippen LogP contribution in [0.1, 0.15) is 19.4 Å². The fraction of sp³-hybridized carbons (Fsp3) is 0.556. The molecule has 2 rings (SSSR count). The number of hydrogen-bond donors (Lipinski definition) is 5. The summed E-state index contributed by atoms with van der Waals surface area (Å²) in [5.41, 5.74) is 1.14. The van der Waals surface area contributed by atoms with E-state index in [-0.39, 0.29) is 24.2 Å². The van der Waals surface area contributed by atoms with Crippen LogP contribution in [-0.2, 0) is 25.7 Å². The quantitative estimate of drug-likeness (QED) is 0.386. The van der Waals surface area contributed by atoms with Gasteiger partial charge in [0.25, 0.3) is 0 Å². The standard InChI is InChI=1S/C18H25NO9/c1-8(2)17(25)26-7-9-4-5-11(10(6-9)19-3)27-18-14(22)12(20)13(21)15(28-18)16(23)24/h4-6,8,12-15,18-22H,7H2,1-3H3,(H,23,24). The summed E-state index contributed by atoms with van der Waals surface area (Å²) < 4.78 is 15.8. The van der Waals surface area contributed by atoms with Crippen LogP contribution in [0.25, 0.3) is 0 Å². The maximum absolute atomic E-state index is 11.6. The molecule has 1 aromatic carbocycles. The molecule has 1 aliphatic heterocycles. The van der Waals surface area contributed by atoms with Crippen LogP contribution < -0.4 is 10.1 Å². The van der Waals surface area contributed by atoms with Crippen molar-refractivity contribution in [2.45, 2.75) is 51.2 Å². The number of benzene rings is 1. The first-order valence-corrected chi connectivity index (χ1v) is 8.72. The van der Waals surface area contributed by atoms with Gasteiger partial charge in [-0.3, -0.25) is 4.79 Å². The third-order valence-electron chi connectivity index (χ3n) is 4.22. The molecule has 5 unspecified atom stereocenters. The summed E-state index contributed by atoms with van der Waals surface area (Å²) in [5.74, 6) is -1.88. The van der Waals surface area contributed by atoms with Gasteiger partial charge in [-0.25, -0.2) is 4.79 Å². The fourth-order valence-corrected chi connectivity index (χ4v) is 2.56. The summed E-state index contributed by atoms with van der Waals surface area (Å²) in [7, 11) is 1.61. The number of carbonyl (C=O) groups is 2. The Balaban J connectivity index is 2.14. The minimum Gasteiger partial charge on any atom is -0.479 e. The molecular weight excluding hydrogens is 374 g/mol. The number of aliphatic carboxylic acids is 1. The maximum atomic E-state index is 11.6. The van der Waals surface area contributed by atoms with E-state index in [0.29, 0.717) is 11.3 Å². The normalized spacial score (nSPS) is 27.3. The molecule has 0 spiro atoms. The molecule has 1 fully saturated rings. The molecule has 0 radical (unpaired) electrons. The Hall–Kier alpha value is -2.40. The first kappa shape index (κ1) is 21.9. The Morgan fingerprint density at radius 2 is 1.86 bits per heavy atom. The summed E-state index contributed by atoms with van der Waals surface area (Å²) in [6, 6.07) is 4.80. The summed E-state index contributed by atoms with van der Waals surface area (Å²) in [6.07, 6.45) is -8.49. The molecule has 28 heavy (non-hydrogen) atoms. The SMILES string of the molecule is CNc1cc(COC(=O)C(C)C)ccc1OC1OC(C(=O)O)C(O)C(O)C1O. The van der Waals surface area contributed by atoms with E-state index in [2.05, 4.69) is 5.32 Å². The van der Waals surface area contributed by atoms with Gasteiger partial charge in [-0.1, -0.05) is 19.9 Å². The van der Waals surface area contributed by atoms with Crippen molar-refractivity contribution < 1.29 is 44.2 Å². The lowest BCUT2D eigenvalue weighted by atomic mass is 9.99. The number of rotatable bonds is 7. The van der Waals surface area contributed by atoms with Crippen molar-refractivity contribution in [2.24, 2.45) is 5.92 Å². The van der Waals surface area contributed by atoms with Crippen LogP contribution >= 0.6 is 0 Å². The van der Waals surface area contributed by atoms with Gasteiger partial charge < -0.3 is 40.0 Å². The molecule has 1 aromatic rings. The van der Waals surface area contributed by atoms with Gasteiger partial charge in [0.1, 0.15) is 30.7 Å². The van der Waals surface area contributed by atoms with Gasteiger partial charge in [-0.05, 0) is 17.7 Å². The van der Waals surface area contributed by atoms with Crippen molar-refractivity contribution in [3.05, 3.63) is 23.8 Å². The van der Waals surface area contributed by atoms with E-state index in [1.54, 1.807) is 33.0 Å². The van der Waals surface area contributed by atoms with Crippen molar-refractivity contribution in [2.75, 3.05) is 12.4 Å². The second-order valence-electron chi connectivity index (χ2n) is 6.70. The van der Waals surface area contributed by atoms with Gasteiger partial charge in [-0.2, -0.15) is 0 Å². The summed E-state index contributed by atoms with van der Waals surface area (Å²) in [6.45, 7) is 3.51. The molecule has 0 aliphatic carbocycles. The van der Waals surface area contributed by atoms with Crippen LogP contribution in [0.3, 0.4) is 0 Å². The molecule has 1 saturated heterocycles. The van der Waals surface area contributed by atoms with Crippen molar-refractivity contribution in [3.8, 4) is 5.75 Å². The smallest absolute Gasteiger partial charge is 0.335 e. The highest BCUT2D eigenvalue weighted by molar-refractivity contribution is 5.73. The average Bonchev–Trinajstić information content (AvgIpc) is 2.66. The maximum Gasteiger partial charge on any atom is 0.335 e. The highest BCUT2D eigenvalue weighted by Crippen LogP contribution is 2.30. The lowest BCUT2D eigenvalue weighted by Crippen LogP contribution is -2.61. The minimum atomic E-state index is -1.80. The lowest BCUT2D eigenvalue weighted by Gasteiger charge is -2.38. The van der Waals surface area contributed by atoms with Crippen molar-refractivity contribution >= 4 is 17.6 Å². The number of carboxylic acid groups (broad SMARTS) is 1. The fourth-order valence-electron chi connectivity index (χ4n) is 2.56. The Morgan fingerprint density at radius 3 is 2.43 bits per heavy atom. The van der Waals surface area contributed by atoms with Crippen molar-refractivity contribution in [1.82, 2.24) is 0 Å². The van der Waals surface area contributed by atoms with E-state index in [4.69, 9.17) is 19.3 Å². The number of carbonyl (C=O) groups excluding carboxylic acids is 1. The molecule has 10 heteroatoms. The van der Waals surface area contributed by atoms with Crippen molar-refractivity contribution in [3.63, 3.8) is 0 Å². The largest absolute Gasteiger partial charge is 0.479 e. The van der Waals surface area contributed by atoms with Gasteiger partial charge >= 0.3 is 11.9 Å². The topological polar surface area (TPSA) is 155 Å². The number of ether oxygens (including phenoxy) is 3. The molecule has 156 valence electrons. The second-order valence-corrected chi connectivity index (χ2v) is 6.70. The number of anilines is 1. The third-order valence-corrected chi connectivity index (χ3v) is 4.22. The minimum absolute atomic E-state index is 0.0561. The lowest BCUT2D eigenvalue weighted by molar-refractivity contribution is -0.271. The molecule has 0 amide bonds. The Kier molecular flexibility index (Phi) is 7.19. The van der Waals surface area contributed by atoms with Crippen LogP contribution in [-0.4, -0.2) is 70.1 Å². The van der Waals surface area contributed by atoms with Crippen LogP contribution in [0.2, 0.25) is 0 Å². The molecule has 5 N–H and O–H groups in total. The third kappa shape index (κ3) is 4.90. The number of nitrogens with one attached hydrogen (secondary N) is 1. The van der Waals surface area contributed by atoms with Crippen molar-refractivity contribution in [1.29, 1.82) is 0 Å². The Morgan fingerprint density at radius 1 is 1.18 bits per heavy atom. The predicted molar refractivity (Wildman–Crippen MR) is 95.6 cm³/mol. The van der Waals surface area contributed by atoms with Crippen LogP contribution in [0.5, 0.6) is 5.75 Å². The van der Waals surface area contributed by atoms with Gasteiger partial charge in [0, 0.05) is 7.05 Å². The second kappa shape index (κ2) is 9.20. The zero-order valence-electron chi connectivity index (χ0n) is 15.7. The van der Waals surface area contributed by atoms with Gasteiger partial charge in [0.05, 0.1) is 11.6 Å². The average molecular weight is 399 g/mol. The highest BCUT2D eigenvalue weighted by Gasteiger charge is 2.48. The molecule has 5 atom stereocenters. The van der Waals surface area contributed by atoms with E-state index >= 15 is 0 Å². The molecule has 10 nitrogen and oxygen atoms in total. The molecule has 0 saturated carbocycles. The monoisotopic (exact) mass is 399 g/mol. The van der Waals surface area contributed by atoms with E-state index in [1.165, 1.54) is 6.07 Å². The van der Waals surface area contributed by atoms with Crippen LogP contribution in [0, 0.1) is 5.92 Å². The van der Waals surface area contributed by atoms with Gasteiger partial charge in [0.15, 0.2) is 6.10 Å². The molecule has 0 bridgehead atoms. The number of aliphatic hydroxyl groups is 3. The molecule has 0 aromatic heterocycles. The first-order valence-electron chi connectivity index (χ1n) is 8.72. The molecule has 1 aliphatic rings. The molecular formula is C18H25NO9. The number of carboxylic acids is 1. The van der Waals surface area contributed by atoms with E-state index in [9.17, 15) is 24.9 Å². The van der Waals surface area contributed by atoms with Crippen LogP contribution in [0.4, 0.5) is 5.69 Å². The summed E-state index contributed by atoms with van der Waals surface area (Å²) in [4.78, 5) is 22.8. The number of esters is 1. The molecule has 1 heterocycles.